The average Bonchev–Trinajstić information content (AvgIpc) is 3.43. The maximum atomic E-state index is 13.2. The highest BCUT2D eigenvalue weighted by Crippen LogP contribution is 2.46. The van der Waals surface area contributed by atoms with Crippen LogP contribution >= 0.6 is 11.6 Å². The van der Waals surface area contributed by atoms with E-state index < -0.39 is 41.6 Å². The van der Waals surface area contributed by atoms with Crippen molar-refractivity contribution in [2.75, 3.05) is 29.2 Å². The van der Waals surface area contributed by atoms with Crippen LogP contribution < -0.4 is 37.1 Å². The molecule has 1 heterocycles. The second-order valence-electron chi connectivity index (χ2n) is 13.5. The van der Waals surface area contributed by atoms with Crippen LogP contribution in [0.25, 0.3) is 10.8 Å². The molecule has 13 heteroatoms. The van der Waals surface area contributed by atoms with Gasteiger partial charge in [0, 0.05) is 42.0 Å². The standard InChI is InChI=1S/C36H47ClN6O6/c1-21(2)31(38)33(45)42-27(11-8-16-40-34(39)46)32(44)41-24-14-12-22(13-15-24)20-48-29-17-28-30(26-10-7-6-9-25(26)29)23(18-37)19-43(28)35(47)49-36(3,4)5/h6-7,9-10,12-15,17,21,23,27,31H,8,11,16,18-20,38H2,1-5H3,(H,41,44)(H,42,45)(H3,39,40,46)/t23-,27?,31?/m1/s1. The fraction of sp³-hybridized carbons (Fsp3) is 0.444. The molecule has 3 atom stereocenters. The fourth-order valence-electron chi connectivity index (χ4n) is 5.58. The highest BCUT2D eigenvalue weighted by molar-refractivity contribution is 6.19. The van der Waals surface area contributed by atoms with E-state index in [1.165, 1.54) is 0 Å². The molecule has 3 aromatic rings. The highest BCUT2D eigenvalue weighted by atomic mass is 35.5. The second-order valence-corrected chi connectivity index (χ2v) is 13.8. The summed E-state index contributed by atoms with van der Waals surface area (Å²) < 4.78 is 12.1. The third kappa shape index (κ3) is 9.76. The predicted octanol–water partition coefficient (Wildman–Crippen LogP) is 5.35. The molecule has 264 valence electrons. The van der Waals surface area contributed by atoms with Gasteiger partial charge in [0.1, 0.15) is 24.0 Å². The van der Waals surface area contributed by atoms with Gasteiger partial charge < -0.3 is 36.9 Å². The molecule has 0 spiro atoms. The smallest absolute Gasteiger partial charge is 0.414 e. The number of carbonyl (C=O) groups excluding carboxylic acids is 4. The molecule has 0 bridgehead atoms. The van der Waals surface area contributed by atoms with Gasteiger partial charge in [0.25, 0.3) is 0 Å². The van der Waals surface area contributed by atoms with Gasteiger partial charge in [-0.15, -0.1) is 11.6 Å². The molecule has 0 saturated carbocycles. The summed E-state index contributed by atoms with van der Waals surface area (Å²) in [7, 11) is 0. The Morgan fingerprint density at radius 2 is 1.69 bits per heavy atom. The summed E-state index contributed by atoms with van der Waals surface area (Å²) in [5.41, 5.74) is 13.6. The Morgan fingerprint density at radius 3 is 2.31 bits per heavy atom. The highest BCUT2D eigenvalue weighted by Gasteiger charge is 2.37. The van der Waals surface area contributed by atoms with Crippen LogP contribution in [0.15, 0.2) is 54.6 Å². The number of anilines is 2. The Labute approximate surface area is 292 Å². The van der Waals surface area contributed by atoms with Gasteiger partial charge in [-0.2, -0.15) is 0 Å². The number of nitrogens with two attached hydrogens (primary N) is 2. The SMILES string of the molecule is CC(C)C(N)C(=O)NC(CCCNC(N)=O)C(=O)Nc1ccc(COc2cc3c(c4ccccc24)[C@H](CCl)CN3C(=O)OC(C)(C)C)cc1. The molecule has 49 heavy (non-hydrogen) atoms. The van der Waals surface area contributed by atoms with Crippen LogP contribution in [0.4, 0.5) is 21.0 Å². The van der Waals surface area contributed by atoms with Crippen molar-refractivity contribution < 1.29 is 28.7 Å². The number of nitrogens with one attached hydrogen (secondary N) is 3. The Kier molecular flexibility index (Phi) is 12.3. The monoisotopic (exact) mass is 694 g/mol. The fourth-order valence-corrected chi connectivity index (χ4v) is 5.83. The number of hydrogen-bond donors (Lipinski definition) is 5. The van der Waals surface area contributed by atoms with Crippen LogP contribution in [0, 0.1) is 5.92 Å². The molecule has 4 rings (SSSR count). The number of fused-ring (bicyclic) bond motifs is 3. The molecular weight excluding hydrogens is 648 g/mol. The number of rotatable bonds is 13. The lowest BCUT2D eigenvalue weighted by atomic mass is 9.95. The van der Waals surface area contributed by atoms with E-state index in [1.807, 2.05) is 77.1 Å². The van der Waals surface area contributed by atoms with Crippen LogP contribution in [-0.2, 0) is 20.9 Å². The van der Waals surface area contributed by atoms with Crippen molar-refractivity contribution in [2.24, 2.45) is 17.4 Å². The summed E-state index contributed by atoms with van der Waals surface area (Å²) in [6, 6.07) is 14.6. The van der Waals surface area contributed by atoms with Gasteiger partial charge in [-0.25, -0.2) is 9.59 Å². The molecule has 2 unspecified atom stereocenters. The first kappa shape index (κ1) is 37.3. The van der Waals surface area contributed by atoms with Crippen LogP contribution in [0.3, 0.4) is 0 Å². The van der Waals surface area contributed by atoms with E-state index >= 15 is 0 Å². The van der Waals surface area contributed by atoms with Gasteiger partial charge >= 0.3 is 12.1 Å². The molecule has 3 aromatic carbocycles. The zero-order chi connectivity index (χ0) is 35.9. The van der Waals surface area contributed by atoms with Crippen molar-refractivity contribution in [3.63, 3.8) is 0 Å². The molecule has 0 fully saturated rings. The van der Waals surface area contributed by atoms with Crippen molar-refractivity contribution in [1.29, 1.82) is 0 Å². The molecule has 5 amide bonds. The molecule has 12 nitrogen and oxygen atoms in total. The number of benzene rings is 3. The molecule has 0 radical (unpaired) electrons. The van der Waals surface area contributed by atoms with E-state index in [-0.39, 0.29) is 31.4 Å². The molecular formula is C36H47ClN6O6. The normalized spacial score (nSPS) is 15.3. The summed E-state index contributed by atoms with van der Waals surface area (Å²) in [5, 5.41) is 9.94. The Hall–Kier alpha value is -4.55. The maximum Gasteiger partial charge on any atom is 0.414 e. The van der Waals surface area contributed by atoms with Crippen molar-refractivity contribution in [3.8, 4) is 5.75 Å². The van der Waals surface area contributed by atoms with E-state index in [0.717, 1.165) is 21.9 Å². The van der Waals surface area contributed by atoms with Gasteiger partial charge in [-0.1, -0.05) is 50.2 Å². The van der Waals surface area contributed by atoms with E-state index in [4.69, 9.17) is 32.5 Å². The van der Waals surface area contributed by atoms with Gasteiger partial charge in [0.15, 0.2) is 0 Å². The van der Waals surface area contributed by atoms with E-state index in [9.17, 15) is 19.2 Å². The predicted molar refractivity (Wildman–Crippen MR) is 192 cm³/mol. The number of carbonyl (C=O) groups is 4. The number of nitrogens with zero attached hydrogens (tertiary/aromatic N) is 1. The zero-order valence-corrected chi connectivity index (χ0v) is 29.4. The quantitative estimate of drug-likeness (QED) is 0.118. The van der Waals surface area contributed by atoms with Crippen LogP contribution in [0.1, 0.15) is 64.5 Å². The summed E-state index contributed by atoms with van der Waals surface area (Å²) in [6.07, 6.45) is 0.237. The first-order chi connectivity index (χ1) is 23.2. The average molecular weight is 695 g/mol. The van der Waals surface area contributed by atoms with E-state index in [1.54, 1.807) is 17.0 Å². The largest absolute Gasteiger partial charge is 0.488 e. The van der Waals surface area contributed by atoms with E-state index in [0.29, 0.717) is 36.0 Å². The van der Waals surface area contributed by atoms with E-state index in [2.05, 4.69) is 16.0 Å². The Balaban J connectivity index is 1.48. The van der Waals surface area contributed by atoms with Crippen molar-refractivity contribution >= 4 is 57.7 Å². The first-order valence-electron chi connectivity index (χ1n) is 16.4. The first-order valence-corrected chi connectivity index (χ1v) is 17.0. The van der Waals surface area contributed by atoms with Gasteiger partial charge in [0.2, 0.25) is 11.8 Å². The minimum atomic E-state index is -0.873. The number of ether oxygens (including phenoxy) is 2. The number of hydrogen-bond acceptors (Lipinski definition) is 7. The summed E-state index contributed by atoms with van der Waals surface area (Å²) >= 11 is 6.39. The van der Waals surface area contributed by atoms with Gasteiger partial charge in [-0.3, -0.25) is 14.5 Å². The maximum absolute atomic E-state index is 13.2. The van der Waals surface area contributed by atoms with Crippen molar-refractivity contribution in [2.45, 2.75) is 77.7 Å². The van der Waals surface area contributed by atoms with Crippen molar-refractivity contribution in [3.05, 3.63) is 65.7 Å². The Morgan fingerprint density at radius 1 is 1.02 bits per heavy atom. The van der Waals surface area contributed by atoms with Crippen LogP contribution in [0.5, 0.6) is 5.75 Å². The summed E-state index contributed by atoms with van der Waals surface area (Å²) in [5.74, 6) is -0.0584. The minimum absolute atomic E-state index is 0.0578. The molecule has 0 aromatic heterocycles. The molecule has 0 saturated heterocycles. The molecule has 1 aliphatic rings. The number of primary amides is 1. The van der Waals surface area contributed by atoms with Crippen molar-refractivity contribution in [1.82, 2.24) is 10.6 Å². The minimum Gasteiger partial charge on any atom is -0.488 e. The van der Waals surface area contributed by atoms with Gasteiger partial charge in [0.05, 0.1) is 11.7 Å². The lowest BCUT2D eigenvalue weighted by molar-refractivity contribution is -0.128. The summed E-state index contributed by atoms with van der Waals surface area (Å²) in [4.78, 5) is 51.8. The summed E-state index contributed by atoms with van der Waals surface area (Å²) in [6.45, 7) is 10.0. The number of halogens is 1. The van der Waals surface area contributed by atoms with Gasteiger partial charge in [-0.05, 0) is 68.2 Å². The third-order valence-corrected chi connectivity index (χ3v) is 8.54. The van der Waals surface area contributed by atoms with Crippen LogP contribution in [0.2, 0.25) is 0 Å². The number of alkyl halides is 1. The topological polar surface area (TPSA) is 178 Å². The zero-order valence-electron chi connectivity index (χ0n) is 28.7. The molecule has 1 aliphatic heterocycles. The van der Waals surface area contributed by atoms with Crippen LogP contribution in [-0.4, -0.2) is 60.6 Å². The second kappa shape index (κ2) is 16.2. The molecule has 0 aliphatic carbocycles. The third-order valence-electron chi connectivity index (χ3n) is 8.17. The Bertz CT molecular complexity index is 1660. The number of urea groups is 1. The lowest BCUT2D eigenvalue weighted by Gasteiger charge is -2.25. The lowest BCUT2D eigenvalue weighted by Crippen LogP contribution is -2.51. The molecule has 7 N–H and O–H groups in total. The number of amides is 5.